The number of nitrogens with zero attached hydrogens (tertiary/aromatic N) is 1. The monoisotopic (exact) mass is 213 g/mol. The third kappa shape index (κ3) is 3.76. The fourth-order valence-corrected chi connectivity index (χ4v) is 2.33. The van der Waals surface area contributed by atoms with Gasteiger partial charge in [0.1, 0.15) is 0 Å². The van der Waals surface area contributed by atoms with Gasteiger partial charge in [0.25, 0.3) is 0 Å². The van der Waals surface area contributed by atoms with Gasteiger partial charge in [0.2, 0.25) is 0 Å². The summed E-state index contributed by atoms with van der Waals surface area (Å²) in [7, 11) is 0. The van der Waals surface area contributed by atoms with E-state index in [-0.39, 0.29) is 5.41 Å². The summed E-state index contributed by atoms with van der Waals surface area (Å²) in [6.07, 6.45) is 6.47. The first-order valence-corrected chi connectivity index (χ1v) is 6.46. The maximum atomic E-state index is 9.45. The molecule has 1 N–H and O–H groups in total. The molecule has 0 aromatic rings. The van der Waals surface area contributed by atoms with E-state index in [9.17, 15) is 5.11 Å². The smallest absolute Gasteiger partial charge is 0.0496 e. The highest BCUT2D eigenvalue weighted by molar-refractivity contribution is 4.80. The second kappa shape index (κ2) is 5.86. The van der Waals surface area contributed by atoms with Gasteiger partial charge < -0.3 is 10.0 Å². The average molecular weight is 213 g/mol. The molecule has 0 amide bonds. The van der Waals surface area contributed by atoms with Crippen LogP contribution in [0, 0.1) is 5.41 Å². The summed E-state index contributed by atoms with van der Waals surface area (Å²) in [5, 5.41) is 9.45. The van der Waals surface area contributed by atoms with Crippen LogP contribution >= 0.6 is 0 Å². The lowest BCUT2D eigenvalue weighted by Crippen LogP contribution is -2.42. The molecule has 2 nitrogen and oxygen atoms in total. The maximum absolute atomic E-state index is 9.45. The summed E-state index contributed by atoms with van der Waals surface area (Å²) < 4.78 is 0. The molecule has 0 saturated carbocycles. The highest BCUT2D eigenvalue weighted by Crippen LogP contribution is 2.25. The van der Waals surface area contributed by atoms with Crippen LogP contribution in [0.15, 0.2) is 0 Å². The molecule has 0 aromatic heterocycles. The molecule has 1 saturated heterocycles. The van der Waals surface area contributed by atoms with E-state index in [1.165, 1.54) is 32.2 Å². The highest BCUT2D eigenvalue weighted by atomic mass is 16.3. The molecule has 1 rings (SSSR count). The fourth-order valence-electron chi connectivity index (χ4n) is 2.33. The minimum atomic E-state index is 0.0958. The van der Waals surface area contributed by atoms with Crippen molar-refractivity contribution in [2.75, 3.05) is 19.7 Å². The quantitative estimate of drug-likeness (QED) is 0.776. The topological polar surface area (TPSA) is 23.5 Å². The molecule has 0 radical (unpaired) electrons. The zero-order valence-electron chi connectivity index (χ0n) is 10.6. The molecule has 0 spiro atoms. The zero-order valence-corrected chi connectivity index (χ0v) is 10.6. The highest BCUT2D eigenvalue weighted by Gasteiger charge is 2.27. The van der Waals surface area contributed by atoms with E-state index < -0.39 is 0 Å². The Labute approximate surface area is 94.7 Å². The first-order chi connectivity index (χ1) is 7.11. The molecule has 2 unspecified atom stereocenters. The van der Waals surface area contributed by atoms with Gasteiger partial charge in [-0.1, -0.05) is 26.7 Å². The van der Waals surface area contributed by atoms with E-state index in [0.717, 1.165) is 13.0 Å². The van der Waals surface area contributed by atoms with Gasteiger partial charge in [0, 0.05) is 24.6 Å². The second-order valence-corrected chi connectivity index (χ2v) is 5.49. The molecule has 2 atom stereocenters. The van der Waals surface area contributed by atoms with Crippen molar-refractivity contribution >= 4 is 0 Å². The van der Waals surface area contributed by atoms with Crippen molar-refractivity contribution < 1.29 is 5.11 Å². The summed E-state index contributed by atoms with van der Waals surface area (Å²) in [4.78, 5) is 2.58. The normalized spacial score (nSPS) is 28.4. The van der Waals surface area contributed by atoms with E-state index in [4.69, 9.17) is 0 Å². The molecule has 1 heterocycles. The molecule has 1 fully saturated rings. The van der Waals surface area contributed by atoms with E-state index in [1.807, 2.05) is 0 Å². The number of rotatable bonds is 4. The Balaban J connectivity index is 2.53. The number of likely N-dealkylation sites (tertiary alicyclic amines) is 1. The molecule has 0 aliphatic carbocycles. The van der Waals surface area contributed by atoms with Crippen LogP contribution in [0.4, 0.5) is 0 Å². The Hall–Kier alpha value is -0.0800. The van der Waals surface area contributed by atoms with Crippen LogP contribution in [0.2, 0.25) is 0 Å². The van der Waals surface area contributed by atoms with E-state index in [2.05, 4.69) is 25.7 Å². The molecule has 0 bridgehead atoms. The molecular weight excluding hydrogens is 186 g/mol. The Bertz CT molecular complexity index is 177. The van der Waals surface area contributed by atoms with Crippen molar-refractivity contribution in [1.82, 2.24) is 4.90 Å². The van der Waals surface area contributed by atoms with Crippen molar-refractivity contribution in [3.8, 4) is 0 Å². The van der Waals surface area contributed by atoms with Crippen LogP contribution in [0.5, 0.6) is 0 Å². The summed E-state index contributed by atoms with van der Waals surface area (Å²) >= 11 is 0. The number of aliphatic hydroxyl groups is 1. The zero-order chi connectivity index (χ0) is 11.3. The third-order valence-electron chi connectivity index (χ3n) is 4.01. The van der Waals surface area contributed by atoms with Crippen LogP contribution in [0.25, 0.3) is 0 Å². The van der Waals surface area contributed by atoms with Gasteiger partial charge in [-0.2, -0.15) is 0 Å². The van der Waals surface area contributed by atoms with Crippen LogP contribution in [-0.4, -0.2) is 35.7 Å². The Kier molecular flexibility index (Phi) is 5.07. The standard InChI is InChI=1S/C13H27NO/c1-4-13(3,11-15)10-14-9-7-5-6-8-12(14)2/h12,15H,4-11H2,1-3H3. The summed E-state index contributed by atoms with van der Waals surface area (Å²) in [5.74, 6) is 0. The van der Waals surface area contributed by atoms with Gasteiger partial charge in [-0.05, 0) is 32.7 Å². The Morgan fingerprint density at radius 1 is 1.33 bits per heavy atom. The lowest BCUT2D eigenvalue weighted by Gasteiger charge is -2.36. The van der Waals surface area contributed by atoms with Crippen LogP contribution < -0.4 is 0 Å². The Morgan fingerprint density at radius 2 is 2.07 bits per heavy atom. The lowest BCUT2D eigenvalue weighted by molar-refractivity contribution is 0.0682. The second-order valence-electron chi connectivity index (χ2n) is 5.49. The van der Waals surface area contributed by atoms with Crippen LogP contribution in [-0.2, 0) is 0 Å². The molecular formula is C13H27NO. The van der Waals surface area contributed by atoms with Crippen molar-refractivity contribution in [3.63, 3.8) is 0 Å². The van der Waals surface area contributed by atoms with Gasteiger partial charge in [0.15, 0.2) is 0 Å². The summed E-state index contributed by atoms with van der Waals surface area (Å²) in [5.41, 5.74) is 0.0958. The Morgan fingerprint density at radius 3 is 2.67 bits per heavy atom. The minimum Gasteiger partial charge on any atom is -0.396 e. The fraction of sp³-hybridized carbons (Fsp3) is 1.00. The maximum Gasteiger partial charge on any atom is 0.0496 e. The first-order valence-electron chi connectivity index (χ1n) is 6.46. The molecule has 1 aliphatic heterocycles. The largest absolute Gasteiger partial charge is 0.396 e. The first kappa shape index (κ1) is 13.0. The van der Waals surface area contributed by atoms with Crippen LogP contribution in [0.3, 0.4) is 0 Å². The SMILES string of the molecule is CCC(C)(CO)CN1CCCCCC1C. The van der Waals surface area contributed by atoms with Gasteiger partial charge in [-0.3, -0.25) is 0 Å². The molecule has 0 aromatic carbocycles. The van der Waals surface area contributed by atoms with E-state index in [0.29, 0.717) is 12.6 Å². The third-order valence-corrected chi connectivity index (χ3v) is 4.01. The van der Waals surface area contributed by atoms with Crippen molar-refractivity contribution in [3.05, 3.63) is 0 Å². The predicted molar refractivity (Wildman–Crippen MR) is 65.0 cm³/mol. The summed E-state index contributed by atoms with van der Waals surface area (Å²) in [6.45, 7) is 9.30. The molecule has 2 heteroatoms. The van der Waals surface area contributed by atoms with Gasteiger partial charge in [0.05, 0.1) is 0 Å². The predicted octanol–water partition coefficient (Wildman–Crippen LogP) is 2.66. The van der Waals surface area contributed by atoms with Crippen molar-refractivity contribution in [2.45, 2.75) is 58.9 Å². The van der Waals surface area contributed by atoms with E-state index >= 15 is 0 Å². The number of hydrogen-bond donors (Lipinski definition) is 1. The minimum absolute atomic E-state index is 0.0958. The number of aliphatic hydroxyl groups excluding tert-OH is 1. The van der Waals surface area contributed by atoms with Gasteiger partial charge in [-0.25, -0.2) is 0 Å². The lowest BCUT2D eigenvalue weighted by atomic mass is 9.87. The molecule has 90 valence electrons. The molecule has 1 aliphatic rings. The molecule has 15 heavy (non-hydrogen) atoms. The van der Waals surface area contributed by atoms with Crippen molar-refractivity contribution in [1.29, 1.82) is 0 Å². The summed E-state index contributed by atoms with van der Waals surface area (Å²) in [6, 6.07) is 0.699. The van der Waals surface area contributed by atoms with Gasteiger partial charge >= 0.3 is 0 Å². The van der Waals surface area contributed by atoms with Crippen molar-refractivity contribution in [2.24, 2.45) is 5.41 Å². The van der Waals surface area contributed by atoms with Crippen LogP contribution in [0.1, 0.15) is 52.9 Å². The van der Waals surface area contributed by atoms with E-state index in [1.54, 1.807) is 0 Å². The van der Waals surface area contributed by atoms with Gasteiger partial charge in [-0.15, -0.1) is 0 Å². The number of hydrogen-bond acceptors (Lipinski definition) is 2. The average Bonchev–Trinajstić information content (AvgIpc) is 2.44.